The van der Waals surface area contributed by atoms with E-state index in [4.69, 9.17) is 15.1 Å². The van der Waals surface area contributed by atoms with Gasteiger partial charge in [-0.2, -0.15) is 5.26 Å². The normalized spacial score (nSPS) is 11.9. The minimum atomic E-state index is -0.487. The highest BCUT2D eigenvalue weighted by Gasteiger charge is 2.07. The number of aliphatic hydroxyl groups is 1. The lowest BCUT2D eigenvalue weighted by molar-refractivity contribution is 0.122. The second-order valence-corrected chi connectivity index (χ2v) is 3.71. The smallest absolute Gasteiger partial charge is 0.125 e. The van der Waals surface area contributed by atoms with Gasteiger partial charge in [-0.15, -0.1) is 0 Å². The molecule has 0 aliphatic heterocycles. The van der Waals surface area contributed by atoms with Crippen molar-refractivity contribution in [2.75, 3.05) is 6.61 Å². The average molecular weight is 205 g/mol. The molecule has 0 spiro atoms. The van der Waals surface area contributed by atoms with Crippen LogP contribution in [0.15, 0.2) is 12.1 Å². The van der Waals surface area contributed by atoms with Gasteiger partial charge >= 0.3 is 0 Å². The summed E-state index contributed by atoms with van der Waals surface area (Å²) in [7, 11) is 0. The van der Waals surface area contributed by atoms with Crippen LogP contribution < -0.4 is 4.74 Å². The Bertz CT molecular complexity index is 368. The van der Waals surface area contributed by atoms with E-state index >= 15 is 0 Å². The largest absolute Gasteiger partial charge is 0.490 e. The zero-order valence-corrected chi connectivity index (χ0v) is 9.24. The summed E-state index contributed by atoms with van der Waals surface area (Å²) in [5, 5.41) is 17.9. The number of benzene rings is 1. The first kappa shape index (κ1) is 11.5. The van der Waals surface area contributed by atoms with Crippen molar-refractivity contribution in [1.82, 2.24) is 0 Å². The highest BCUT2D eigenvalue weighted by molar-refractivity contribution is 5.47. The molecule has 0 amide bonds. The third-order valence-corrected chi connectivity index (χ3v) is 2.06. The molecule has 0 aliphatic carbocycles. The van der Waals surface area contributed by atoms with Crippen LogP contribution in [0.5, 0.6) is 5.75 Å². The number of hydrogen-bond acceptors (Lipinski definition) is 3. The third kappa shape index (κ3) is 2.97. The number of rotatable bonds is 3. The molecule has 3 heteroatoms. The minimum absolute atomic E-state index is 0.271. The SMILES string of the molecule is Cc1cc(C#N)cc(C)c1OC[C@H](C)O. The molecule has 0 saturated carbocycles. The van der Waals surface area contributed by atoms with Crippen molar-refractivity contribution in [1.29, 1.82) is 5.26 Å². The van der Waals surface area contributed by atoms with Gasteiger partial charge in [-0.3, -0.25) is 0 Å². The molecule has 3 nitrogen and oxygen atoms in total. The molecule has 1 N–H and O–H groups in total. The molecule has 1 aromatic carbocycles. The van der Waals surface area contributed by atoms with Crippen molar-refractivity contribution in [3.8, 4) is 11.8 Å². The van der Waals surface area contributed by atoms with Crippen molar-refractivity contribution >= 4 is 0 Å². The molecule has 0 saturated heterocycles. The Labute approximate surface area is 89.9 Å². The van der Waals surface area contributed by atoms with Crippen LogP contribution in [0.4, 0.5) is 0 Å². The Morgan fingerprint density at radius 1 is 1.40 bits per heavy atom. The van der Waals surface area contributed by atoms with E-state index in [1.165, 1.54) is 0 Å². The Morgan fingerprint density at radius 2 is 1.93 bits per heavy atom. The Hall–Kier alpha value is -1.53. The Balaban J connectivity index is 2.94. The molecule has 0 heterocycles. The Morgan fingerprint density at radius 3 is 2.33 bits per heavy atom. The van der Waals surface area contributed by atoms with E-state index in [1.54, 1.807) is 19.1 Å². The van der Waals surface area contributed by atoms with Crippen molar-refractivity contribution in [2.24, 2.45) is 0 Å². The monoisotopic (exact) mass is 205 g/mol. The first-order valence-electron chi connectivity index (χ1n) is 4.86. The molecule has 0 fully saturated rings. The number of aliphatic hydroxyl groups excluding tert-OH is 1. The van der Waals surface area contributed by atoms with Gasteiger partial charge in [0.15, 0.2) is 0 Å². The van der Waals surface area contributed by atoms with Crippen LogP contribution in [0, 0.1) is 25.2 Å². The summed E-state index contributed by atoms with van der Waals surface area (Å²) in [6, 6.07) is 5.66. The van der Waals surface area contributed by atoms with Crippen LogP contribution in [0.2, 0.25) is 0 Å². The molecule has 0 bridgehead atoms. The number of nitriles is 1. The van der Waals surface area contributed by atoms with Gasteiger partial charge in [0.1, 0.15) is 12.4 Å². The highest BCUT2D eigenvalue weighted by Crippen LogP contribution is 2.24. The summed E-state index contributed by atoms with van der Waals surface area (Å²) in [5.41, 5.74) is 2.48. The van der Waals surface area contributed by atoms with Gasteiger partial charge in [-0.25, -0.2) is 0 Å². The zero-order chi connectivity index (χ0) is 11.4. The van der Waals surface area contributed by atoms with Crippen molar-refractivity contribution in [3.63, 3.8) is 0 Å². The summed E-state index contributed by atoms with van der Waals surface area (Å²) in [6.07, 6.45) is -0.487. The zero-order valence-electron chi connectivity index (χ0n) is 9.24. The maximum Gasteiger partial charge on any atom is 0.125 e. The molecular weight excluding hydrogens is 190 g/mol. The van der Waals surface area contributed by atoms with Gasteiger partial charge in [0.05, 0.1) is 17.7 Å². The minimum Gasteiger partial charge on any atom is -0.490 e. The van der Waals surface area contributed by atoms with Crippen molar-refractivity contribution in [3.05, 3.63) is 28.8 Å². The second kappa shape index (κ2) is 4.81. The number of hydrogen-bond donors (Lipinski definition) is 1. The fraction of sp³-hybridized carbons (Fsp3) is 0.417. The van der Waals surface area contributed by atoms with E-state index < -0.39 is 6.10 Å². The van der Waals surface area contributed by atoms with Crippen LogP contribution in [-0.4, -0.2) is 17.8 Å². The maximum atomic E-state index is 9.12. The highest BCUT2D eigenvalue weighted by atomic mass is 16.5. The van der Waals surface area contributed by atoms with Crippen molar-refractivity contribution < 1.29 is 9.84 Å². The first-order valence-corrected chi connectivity index (χ1v) is 4.86. The lowest BCUT2D eigenvalue weighted by Crippen LogP contribution is -2.13. The van der Waals surface area contributed by atoms with E-state index in [0.717, 1.165) is 16.9 Å². The van der Waals surface area contributed by atoms with E-state index in [2.05, 4.69) is 6.07 Å². The quantitative estimate of drug-likeness (QED) is 0.820. The number of aryl methyl sites for hydroxylation is 2. The molecule has 1 rings (SSSR count). The van der Waals surface area contributed by atoms with Crippen LogP contribution in [0.1, 0.15) is 23.6 Å². The standard InChI is InChI=1S/C12H15NO2/c1-8-4-11(6-13)5-9(2)12(8)15-7-10(3)14/h4-5,10,14H,7H2,1-3H3/t10-/m0/s1. The van der Waals surface area contributed by atoms with Crippen LogP contribution in [0.3, 0.4) is 0 Å². The van der Waals surface area contributed by atoms with Gasteiger partial charge < -0.3 is 9.84 Å². The van der Waals surface area contributed by atoms with Gasteiger partial charge in [-0.1, -0.05) is 0 Å². The molecule has 15 heavy (non-hydrogen) atoms. The van der Waals surface area contributed by atoms with Gasteiger partial charge in [-0.05, 0) is 44.0 Å². The molecule has 0 radical (unpaired) electrons. The van der Waals surface area contributed by atoms with Gasteiger partial charge in [0.2, 0.25) is 0 Å². The first-order chi connectivity index (χ1) is 7.04. The molecule has 80 valence electrons. The third-order valence-electron chi connectivity index (χ3n) is 2.06. The summed E-state index contributed by atoms with van der Waals surface area (Å²) >= 11 is 0. The van der Waals surface area contributed by atoms with E-state index in [9.17, 15) is 0 Å². The van der Waals surface area contributed by atoms with Gasteiger partial charge in [0, 0.05) is 0 Å². The van der Waals surface area contributed by atoms with E-state index in [1.807, 2.05) is 13.8 Å². The van der Waals surface area contributed by atoms with Crippen LogP contribution in [0.25, 0.3) is 0 Å². The maximum absolute atomic E-state index is 9.12. The van der Waals surface area contributed by atoms with E-state index in [-0.39, 0.29) is 6.61 Å². The number of nitrogens with zero attached hydrogens (tertiary/aromatic N) is 1. The molecule has 0 aliphatic rings. The summed E-state index contributed by atoms with van der Waals surface area (Å²) in [5.74, 6) is 0.759. The fourth-order valence-corrected chi connectivity index (χ4v) is 1.45. The van der Waals surface area contributed by atoms with E-state index in [0.29, 0.717) is 5.56 Å². The van der Waals surface area contributed by atoms with Crippen LogP contribution in [-0.2, 0) is 0 Å². The van der Waals surface area contributed by atoms with Gasteiger partial charge in [0.25, 0.3) is 0 Å². The lowest BCUT2D eigenvalue weighted by Gasteiger charge is -2.13. The predicted molar refractivity (Wildman–Crippen MR) is 57.8 cm³/mol. The molecular formula is C12H15NO2. The summed E-state index contributed by atoms with van der Waals surface area (Å²) in [4.78, 5) is 0. The lowest BCUT2D eigenvalue weighted by atomic mass is 10.1. The molecule has 1 aromatic rings. The van der Waals surface area contributed by atoms with Crippen LogP contribution >= 0.6 is 0 Å². The topological polar surface area (TPSA) is 53.2 Å². The number of ether oxygens (including phenoxy) is 1. The summed E-state index contributed by atoms with van der Waals surface area (Å²) in [6.45, 7) is 5.73. The Kier molecular flexibility index (Phi) is 3.70. The predicted octanol–water partition coefficient (Wildman–Crippen LogP) is 1.93. The fourth-order valence-electron chi connectivity index (χ4n) is 1.45. The second-order valence-electron chi connectivity index (χ2n) is 3.71. The summed E-state index contributed by atoms with van der Waals surface area (Å²) < 4.78 is 5.47. The molecule has 1 atom stereocenters. The van der Waals surface area contributed by atoms with Crippen molar-refractivity contribution in [2.45, 2.75) is 26.9 Å². The molecule has 0 aromatic heterocycles. The average Bonchev–Trinajstić information content (AvgIpc) is 2.15. The molecule has 0 unspecified atom stereocenters.